The van der Waals surface area contributed by atoms with E-state index in [4.69, 9.17) is 5.73 Å². The molecule has 16 heavy (non-hydrogen) atoms. The van der Waals surface area contributed by atoms with Crippen LogP contribution in [0.2, 0.25) is 0 Å². The molecule has 2 rings (SSSR count). The fourth-order valence-corrected chi connectivity index (χ4v) is 3.87. The third-order valence-electron chi connectivity index (χ3n) is 3.07. The van der Waals surface area contributed by atoms with E-state index in [0.29, 0.717) is 12.1 Å². The number of rotatable bonds is 4. The summed E-state index contributed by atoms with van der Waals surface area (Å²) in [6.07, 6.45) is 3.84. The molecule has 3 N–H and O–H groups in total. The van der Waals surface area contributed by atoms with Gasteiger partial charge in [-0.3, -0.25) is 9.55 Å². The van der Waals surface area contributed by atoms with Crippen molar-refractivity contribution in [1.29, 1.82) is 0 Å². The zero-order valence-electron chi connectivity index (χ0n) is 8.91. The van der Waals surface area contributed by atoms with Gasteiger partial charge in [0.1, 0.15) is 5.28 Å². The van der Waals surface area contributed by atoms with E-state index in [1.807, 2.05) is 0 Å². The lowest BCUT2D eigenvalue weighted by Gasteiger charge is -2.18. The van der Waals surface area contributed by atoms with Gasteiger partial charge < -0.3 is 10.6 Å². The first-order chi connectivity index (χ1) is 7.49. The number of nitrogens with zero attached hydrogens (tertiary/aromatic N) is 1. The summed E-state index contributed by atoms with van der Waals surface area (Å²) in [6.45, 7) is 3.61. The highest BCUT2D eigenvalue weighted by Gasteiger charge is 2.61. The van der Waals surface area contributed by atoms with Crippen LogP contribution >= 0.6 is 7.37 Å². The third-order valence-corrected chi connectivity index (χ3v) is 5.63. The van der Waals surface area contributed by atoms with E-state index in [-0.39, 0.29) is 12.1 Å². The molecule has 0 aliphatic heterocycles. The Hall–Kier alpha value is -0.960. The molecular weight excluding hydrogens is 223 g/mol. The number of nitrogens with two attached hydrogens (primary N) is 1. The molecule has 1 aromatic heterocycles. The van der Waals surface area contributed by atoms with Gasteiger partial charge in [0.25, 0.3) is 0 Å². The van der Waals surface area contributed by atoms with Crippen molar-refractivity contribution in [3.8, 4) is 0 Å². The molecule has 0 saturated heterocycles. The van der Waals surface area contributed by atoms with E-state index < -0.39 is 12.6 Å². The molecule has 1 heterocycles. The molecule has 86 valence electrons. The average Bonchev–Trinajstić information content (AvgIpc) is 2.93. The molecule has 0 bridgehead atoms. The Bertz CT molecular complexity index is 449. The molecule has 4 nitrogen and oxygen atoms in total. The summed E-state index contributed by atoms with van der Waals surface area (Å²) in [5.74, 6) is -0.0490. The van der Waals surface area contributed by atoms with Gasteiger partial charge in [0.05, 0.1) is 6.16 Å². The van der Waals surface area contributed by atoms with Crippen LogP contribution in [0.15, 0.2) is 37.1 Å². The van der Waals surface area contributed by atoms with E-state index >= 15 is 0 Å². The largest absolute Gasteiger partial charge is 0.343 e. The molecule has 0 radical (unpaired) electrons. The topological polar surface area (TPSA) is 76.2 Å². The highest BCUT2D eigenvalue weighted by Crippen LogP contribution is 2.68. The quantitative estimate of drug-likeness (QED) is 0.618. The molecule has 0 spiro atoms. The molecule has 3 atom stereocenters. The maximum atomic E-state index is 12.2. The molecule has 1 unspecified atom stereocenters. The average molecular weight is 238 g/mol. The minimum atomic E-state index is -3.42. The van der Waals surface area contributed by atoms with Crippen LogP contribution in [0.4, 0.5) is 0 Å². The monoisotopic (exact) mass is 238 g/mol. The number of hydrogen-bond donors (Lipinski definition) is 2. The summed E-state index contributed by atoms with van der Waals surface area (Å²) in [7, 11) is -3.42. The van der Waals surface area contributed by atoms with Crippen LogP contribution in [0.5, 0.6) is 0 Å². The molecule has 1 aromatic rings. The lowest BCUT2D eigenvalue weighted by Crippen LogP contribution is -2.25. The first-order valence-corrected chi connectivity index (χ1v) is 6.97. The standard InChI is InChI=1S/C11H15N2O2P/c1-2-9-7-11(9,12)16(14,15)8-10-5-3-4-6-13-10/h2-6,9H,1,7-8,12H2,(H,14,15)/t9-,11+/m1/s1. The summed E-state index contributed by atoms with van der Waals surface area (Å²) < 4.78 is 12.2. The molecule has 1 aliphatic carbocycles. The molecule has 0 amide bonds. The van der Waals surface area contributed by atoms with Crippen molar-refractivity contribution in [3.05, 3.63) is 42.7 Å². The van der Waals surface area contributed by atoms with E-state index in [2.05, 4.69) is 11.6 Å². The number of pyridine rings is 1. The molecule has 1 fully saturated rings. The number of hydrogen-bond acceptors (Lipinski definition) is 3. The second kappa shape index (κ2) is 3.81. The van der Waals surface area contributed by atoms with Crippen LogP contribution in [-0.2, 0) is 10.7 Å². The van der Waals surface area contributed by atoms with E-state index in [0.717, 1.165) is 0 Å². The predicted octanol–water partition coefficient (Wildman–Crippen LogP) is 1.71. The van der Waals surface area contributed by atoms with Crippen molar-refractivity contribution >= 4 is 7.37 Å². The smallest absolute Gasteiger partial charge is 0.226 e. The zero-order valence-corrected chi connectivity index (χ0v) is 9.81. The van der Waals surface area contributed by atoms with E-state index in [1.165, 1.54) is 0 Å². The van der Waals surface area contributed by atoms with Gasteiger partial charge in [0, 0.05) is 17.8 Å². The maximum absolute atomic E-state index is 12.2. The Kier molecular flexibility index (Phi) is 2.74. The fraction of sp³-hybridized carbons (Fsp3) is 0.364. The van der Waals surface area contributed by atoms with E-state index in [1.54, 1.807) is 30.5 Å². The van der Waals surface area contributed by atoms with Crippen molar-refractivity contribution in [1.82, 2.24) is 4.98 Å². The molecule has 1 saturated carbocycles. The van der Waals surface area contributed by atoms with Crippen molar-refractivity contribution in [2.24, 2.45) is 11.7 Å². The molecule has 1 aliphatic rings. The summed E-state index contributed by atoms with van der Waals surface area (Å²) >= 11 is 0. The van der Waals surface area contributed by atoms with Crippen LogP contribution in [-0.4, -0.2) is 15.2 Å². The Morgan fingerprint density at radius 1 is 1.75 bits per heavy atom. The van der Waals surface area contributed by atoms with Gasteiger partial charge in [-0.1, -0.05) is 12.1 Å². The maximum Gasteiger partial charge on any atom is 0.226 e. The highest BCUT2D eigenvalue weighted by atomic mass is 31.2. The van der Waals surface area contributed by atoms with Crippen molar-refractivity contribution in [2.45, 2.75) is 17.9 Å². The second-order valence-corrected chi connectivity index (χ2v) is 6.77. The fourth-order valence-electron chi connectivity index (χ4n) is 1.84. The second-order valence-electron chi connectivity index (χ2n) is 4.22. The van der Waals surface area contributed by atoms with Gasteiger partial charge in [-0.25, -0.2) is 0 Å². The number of aromatic nitrogens is 1. The van der Waals surface area contributed by atoms with Gasteiger partial charge in [-0.2, -0.15) is 0 Å². The lowest BCUT2D eigenvalue weighted by molar-refractivity contribution is 0.455. The summed E-state index contributed by atoms with van der Waals surface area (Å²) in [5, 5.41) is -0.980. The molecular formula is C11H15N2O2P. The predicted molar refractivity (Wildman–Crippen MR) is 63.0 cm³/mol. The van der Waals surface area contributed by atoms with Gasteiger partial charge in [0.2, 0.25) is 7.37 Å². The normalized spacial score (nSPS) is 31.8. The highest BCUT2D eigenvalue weighted by molar-refractivity contribution is 7.59. The Labute approximate surface area is 94.7 Å². The Balaban J connectivity index is 2.16. The van der Waals surface area contributed by atoms with Crippen molar-refractivity contribution < 1.29 is 9.46 Å². The summed E-state index contributed by atoms with van der Waals surface area (Å²) in [5.41, 5.74) is 6.52. The van der Waals surface area contributed by atoms with Crippen molar-refractivity contribution in [2.75, 3.05) is 0 Å². The minimum Gasteiger partial charge on any atom is -0.343 e. The van der Waals surface area contributed by atoms with Crippen LogP contribution < -0.4 is 5.73 Å². The zero-order chi connectivity index (χ0) is 11.8. The first kappa shape index (κ1) is 11.5. The van der Waals surface area contributed by atoms with Crippen LogP contribution in [0.3, 0.4) is 0 Å². The minimum absolute atomic E-state index is 0.0364. The molecule has 5 heteroatoms. The van der Waals surface area contributed by atoms with Crippen LogP contribution in [0.25, 0.3) is 0 Å². The van der Waals surface area contributed by atoms with Gasteiger partial charge in [-0.15, -0.1) is 6.58 Å². The van der Waals surface area contributed by atoms with Crippen molar-refractivity contribution in [3.63, 3.8) is 0 Å². The van der Waals surface area contributed by atoms with Crippen LogP contribution in [0, 0.1) is 5.92 Å². The van der Waals surface area contributed by atoms with Gasteiger partial charge in [0.15, 0.2) is 0 Å². The summed E-state index contributed by atoms with van der Waals surface area (Å²) in [6, 6.07) is 5.30. The SMILES string of the molecule is C=C[C@@H]1C[C@]1(N)P(=O)(O)Cc1ccccn1. The van der Waals surface area contributed by atoms with E-state index in [9.17, 15) is 9.46 Å². The summed E-state index contributed by atoms with van der Waals surface area (Å²) in [4.78, 5) is 14.1. The third kappa shape index (κ3) is 1.84. The van der Waals surface area contributed by atoms with Gasteiger partial charge >= 0.3 is 0 Å². The molecule has 0 aromatic carbocycles. The Morgan fingerprint density at radius 2 is 2.50 bits per heavy atom. The lowest BCUT2D eigenvalue weighted by atomic mass is 10.4. The van der Waals surface area contributed by atoms with Crippen LogP contribution in [0.1, 0.15) is 12.1 Å². The Morgan fingerprint density at radius 3 is 3.00 bits per heavy atom. The first-order valence-electron chi connectivity index (χ1n) is 5.13. The van der Waals surface area contributed by atoms with Gasteiger partial charge in [-0.05, 0) is 18.6 Å².